The summed E-state index contributed by atoms with van der Waals surface area (Å²) in [6, 6.07) is 12.4. The molecule has 0 saturated heterocycles. The predicted octanol–water partition coefficient (Wildman–Crippen LogP) is 4.14. The lowest BCUT2D eigenvalue weighted by Gasteiger charge is -2.02. The molecule has 0 amide bonds. The summed E-state index contributed by atoms with van der Waals surface area (Å²) in [6.45, 7) is 0. The van der Waals surface area contributed by atoms with Crippen LogP contribution in [0, 0.1) is 5.82 Å². The zero-order valence-electron chi connectivity index (χ0n) is 9.69. The van der Waals surface area contributed by atoms with E-state index in [0.717, 1.165) is 26.9 Å². The van der Waals surface area contributed by atoms with Gasteiger partial charge in [-0.2, -0.15) is 0 Å². The van der Waals surface area contributed by atoms with Crippen LogP contribution in [0.2, 0.25) is 0 Å². The van der Waals surface area contributed by atoms with E-state index in [1.54, 1.807) is 6.07 Å². The molecule has 0 N–H and O–H groups in total. The van der Waals surface area contributed by atoms with E-state index < -0.39 is 0 Å². The van der Waals surface area contributed by atoms with E-state index in [0.29, 0.717) is 0 Å². The van der Waals surface area contributed by atoms with Crippen molar-refractivity contribution >= 4 is 27.0 Å². The van der Waals surface area contributed by atoms with Crippen molar-refractivity contribution in [3.8, 4) is 11.4 Å². The molecule has 3 rings (SSSR count). The molecule has 3 aromatic rings. The molecule has 90 valence electrons. The summed E-state index contributed by atoms with van der Waals surface area (Å²) in [5.74, 6) is 0.517. The molecule has 0 fully saturated rings. The molecule has 18 heavy (non-hydrogen) atoms. The molecule has 2 nitrogen and oxygen atoms in total. The van der Waals surface area contributed by atoms with Crippen LogP contribution in [0.15, 0.2) is 46.9 Å². The lowest BCUT2D eigenvalue weighted by molar-refractivity contribution is 0.628. The molecular weight excluding hydrogens is 295 g/mol. The Morgan fingerprint density at radius 2 is 2.00 bits per heavy atom. The van der Waals surface area contributed by atoms with Crippen LogP contribution in [0.5, 0.6) is 0 Å². The van der Waals surface area contributed by atoms with Gasteiger partial charge in [-0.1, -0.05) is 28.1 Å². The number of imidazole rings is 1. The molecule has 0 aliphatic carbocycles. The van der Waals surface area contributed by atoms with Crippen molar-refractivity contribution in [1.82, 2.24) is 9.55 Å². The summed E-state index contributed by atoms with van der Waals surface area (Å²) in [5, 5.41) is 0. The Balaban J connectivity index is 2.27. The van der Waals surface area contributed by atoms with Gasteiger partial charge in [0.25, 0.3) is 0 Å². The number of benzene rings is 2. The van der Waals surface area contributed by atoms with E-state index in [2.05, 4.69) is 20.9 Å². The fourth-order valence-electron chi connectivity index (χ4n) is 2.05. The molecule has 2 aromatic carbocycles. The normalized spacial score (nSPS) is 11.1. The average molecular weight is 305 g/mol. The van der Waals surface area contributed by atoms with Gasteiger partial charge in [0.15, 0.2) is 0 Å². The Kier molecular flexibility index (Phi) is 2.67. The molecule has 4 heteroatoms. The minimum Gasteiger partial charge on any atom is -0.327 e. The van der Waals surface area contributed by atoms with Crippen molar-refractivity contribution in [1.29, 1.82) is 0 Å². The smallest absolute Gasteiger partial charge is 0.140 e. The molecule has 0 radical (unpaired) electrons. The number of hydrogen-bond donors (Lipinski definition) is 0. The zero-order valence-corrected chi connectivity index (χ0v) is 11.3. The Morgan fingerprint density at radius 1 is 1.17 bits per heavy atom. The summed E-state index contributed by atoms with van der Waals surface area (Å²) in [7, 11) is 1.93. The first-order chi connectivity index (χ1) is 8.65. The third kappa shape index (κ3) is 1.82. The first kappa shape index (κ1) is 11.4. The van der Waals surface area contributed by atoms with Gasteiger partial charge in [-0.25, -0.2) is 9.37 Å². The Bertz CT molecular complexity index is 734. The number of rotatable bonds is 1. The van der Waals surface area contributed by atoms with Crippen molar-refractivity contribution in [3.05, 3.63) is 52.8 Å². The van der Waals surface area contributed by atoms with Gasteiger partial charge in [0.2, 0.25) is 0 Å². The second-order valence-corrected chi connectivity index (χ2v) is 5.05. The standard InChI is InChI=1S/C14H10BrFN2/c1-18-13-8-10(15)5-6-12(13)17-14(18)9-3-2-4-11(16)7-9/h2-8H,1H3. The van der Waals surface area contributed by atoms with Gasteiger partial charge in [-0.15, -0.1) is 0 Å². The van der Waals surface area contributed by atoms with Crippen molar-refractivity contribution in [2.24, 2.45) is 7.05 Å². The molecule has 0 unspecified atom stereocenters. The first-order valence-corrected chi connectivity index (χ1v) is 6.32. The number of hydrogen-bond acceptors (Lipinski definition) is 1. The van der Waals surface area contributed by atoms with Gasteiger partial charge >= 0.3 is 0 Å². The number of aryl methyl sites for hydroxylation is 1. The van der Waals surface area contributed by atoms with Gasteiger partial charge < -0.3 is 4.57 Å². The van der Waals surface area contributed by atoms with E-state index in [9.17, 15) is 4.39 Å². The predicted molar refractivity (Wildman–Crippen MR) is 73.8 cm³/mol. The van der Waals surface area contributed by atoms with Gasteiger partial charge in [-0.3, -0.25) is 0 Å². The highest BCUT2D eigenvalue weighted by Crippen LogP contribution is 2.26. The van der Waals surface area contributed by atoms with Gasteiger partial charge in [0, 0.05) is 17.1 Å². The minimum atomic E-state index is -0.249. The van der Waals surface area contributed by atoms with Crippen LogP contribution >= 0.6 is 15.9 Å². The number of nitrogens with zero attached hydrogens (tertiary/aromatic N) is 2. The van der Waals surface area contributed by atoms with E-state index in [1.165, 1.54) is 12.1 Å². The van der Waals surface area contributed by atoms with Crippen molar-refractivity contribution in [3.63, 3.8) is 0 Å². The Morgan fingerprint density at radius 3 is 2.78 bits per heavy atom. The lowest BCUT2D eigenvalue weighted by Crippen LogP contribution is -1.92. The van der Waals surface area contributed by atoms with Gasteiger partial charge in [-0.05, 0) is 30.3 Å². The first-order valence-electron chi connectivity index (χ1n) is 5.53. The summed E-state index contributed by atoms with van der Waals surface area (Å²) in [6.07, 6.45) is 0. The highest BCUT2D eigenvalue weighted by Gasteiger charge is 2.10. The van der Waals surface area contributed by atoms with Crippen LogP contribution in [0.1, 0.15) is 0 Å². The maximum Gasteiger partial charge on any atom is 0.140 e. The molecular formula is C14H10BrFN2. The van der Waals surface area contributed by atoms with Crippen LogP contribution in [0.3, 0.4) is 0 Å². The quantitative estimate of drug-likeness (QED) is 0.660. The Hall–Kier alpha value is -1.68. The van der Waals surface area contributed by atoms with Crippen LogP contribution < -0.4 is 0 Å². The molecule has 0 bridgehead atoms. The second kappa shape index (κ2) is 4.21. The Labute approximate surface area is 112 Å². The van der Waals surface area contributed by atoms with Crippen molar-refractivity contribution in [2.45, 2.75) is 0 Å². The molecule has 0 aliphatic rings. The maximum atomic E-state index is 13.3. The van der Waals surface area contributed by atoms with E-state index in [4.69, 9.17) is 0 Å². The lowest BCUT2D eigenvalue weighted by atomic mass is 10.2. The van der Waals surface area contributed by atoms with Crippen LogP contribution in [0.25, 0.3) is 22.4 Å². The van der Waals surface area contributed by atoms with Crippen molar-refractivity contribution < 1.29 is 4.39 Å². The number of halogens is 2. The highest BCUT2D eigenvalue weighted by molar-refractivity contribution is 9.10. The van der Waals surface area contributed by atoms with E-state index >= 15 is 0 Å². The van der Waals surface area contributed by atoms with Gasteiger partial charge in [0.05, 0.1) is 11.0 Å². The monoisotopic (exact) mass is 304 g/mol. The molecule has 0 saturated carbocycles. The van der Waals surface area contributed by atoms with Crippen LogP contribution in [0.4, 0.5) is 4.39 Å². The summed E-state index contributed by atoms with van der Waals surface area (Å²) in [4.78, 5) is 4.54. The maximum absolute atomic E-state index is 13.3. The highest BCUT2D eigenvalue weighted by atomic mass is 79.9. The molecule has 0 atom stereocenters. The van der Waals surface area contributed by atoms with Gasteiger partial charge in [0.1, 0.15) is 11.6 Å². The summed E-state index contributed by atoms with van der Waals surface area (Å²) >= 11 is 3.44. The summed E-state index contributed by atoms with van der Waals surface area (Å²) < 4.78 is 16.2. The van der Waals surface area contributed by atoms with Crippen LogP contribution in [-0.2, 0) is 7.05 Å². The van der Waals surface area contributed by atoms with E-state index in [1.807, 2.05) is 35.9 Å². The number of aromatic nitrogens is 2. The molecule has 1 aromatic heterocycles. The third-order valence-corrected chi connectivity index (χ3v) is 3.42. The fraction of sp³-hybridized carbons (Fsp3) is 0.0714. The fourth-order valence-corrected chi connectivity index (χ4v) is 2.40. The SMILES string of the molecule is Cn1c(-c2cccc(F)c2)nc2ccc(Br)cc21. The molecule has 0 aliphatic heterocycles. The third-order valence-electron chi connectivity index (χ3n) is 2.93. The zero-order chi connectivity index (χ0) is 12.7. The largest absolute Gasteiger partial charge is 0.327 e. The minimum absolute atomic E-state index is 0.249. The molecule has 1 heterocycles. The topological polar surface area (TPSA) is 17.8 Å². The molecule has 0 spiro atoms. The summed E-state index contributed by atoms with van der Waals surface area (Å²) in [5.41, 5.74) is 2.70. The van der Waals surface area contributed by atoms with E-state index in [-0.39, 0.29) is 5.82 Å². The second-order valence-electron chi connectivity index (χ2n) is 4.14. The van der Waals surface area contributed by atoms with Crippen LogP contribution in [-0.4, -0.2) is 9.55 Å². The number of fused-ring (bicyclic) bond motifs is 1. The van der Waals surface area contributed by atoms with Crippen molar-refractivity contribution in [2.75, 3.05) is 0 Å². The average Bonchev–Trinajstić information content (AvgIpc) is 2.67.